The minimum atomic E-state index is -0.545. The van der Waals surface area contributed by atoms with Crippen molar-refractivity contribution in [2.24, 2.45) is 0 Å². The van der Waals surface area contributed by atoms with E-state index in [9.17, 15) is 9.59 Å². The molecule has 1 atom stereocenters. The van der Waals surface area contributed by atoms with Gasteiger partial charge in [-0.05, 0) is 55.3 Å². The van der Waals surface area contributed by atoms with Crippen LogP contribution in [-0.2, 0) is 9.59 Å². The van der Waals surface area contributed by atoms with Crippen LogP contribution in [0.3, 0.4) is 0 Å². The molecule has 3 rings (SSSR count). The van der Waals surface area contributed by atoms with Crippen LogP contribution in [0.2, 0.25) is 0 Å². The molecule has 1 unspecified atom stereocenters. The SMILES string of the molecule is COc1ccc(SCC(NC(C)=O)C(=O)N2CCN(c3cccc(C)c3C)CC2)cc1. The van der Waals surface area contributed by atoms with E-state index in [1.54, 1.807) is 18.9 Å². The van der Waals surface area contributed by atoms with Crippen LogP contribution in [0.25, 0.3) is 0 Å². The van der Waals surface area contributed by atoms with Crippen molar-refractivity contribution >= 4 is 29.3 Å². The zero-order valence-electron chi connectivity index (χ0n) is 18.7. The number of thioether (sulfide) groups is 1. The molecule has 2 aromatic rings. The molecule has 2 amide bonds. The molecule has 0 saturated carbocycles. The molecule has 6 nitrogen and oxygen atoms in total. The van der Waals surface area contributed by atoms with Crippen molar-refractivity contribution < 1.29 is 14.3 Å². The third-order valence-electron chi connectivity index (χ3n) is 5.66. The van der Waals surface area contributed by atoms with Gasteiger partial charge in [0.15, 0.2) is 0 Å². The maximum absolute atomic E-state index is 13.2. The van der Waals surface area contributed by atoms with E-state index in [0.29, 0.717) is 18.8 Å². The minimum Gasteiger partial charge on any atom is -0.497 e. The molecule has 0 bridgehead atoms. The second-order valence-electron chi connectivity index (χ2n) is 7.77. The highest BCUT2D eigenvalue weighted by molar-refractivity contribution is 7.99. The van der Waals surface area contributed by atoms with Gasteiger partial charge in [-0.3, -0.25) is 9.59 Å². The molecule has 1 heterocycles. The number of hydrogen-bond acceptors (Lipinski definition) is 5. The molecule has 1 N–H and O–H groups in total. The Morgan fingerprint density at radius 1 is 1.06 bits per heavy atom. The average Bonchev–Trinajstić information content (AvgIpc) is 2.78. The molecular formula is C24H31N3O3S. The maximum Gasteiger partial charge on any atom is 0.246 e. The van der Waals surface area contributed by atoms with Gasteiger partial charge in [0.1, 0.15) is 11.8 Å². The maximum atomic E-state index is 13.2. The van der Waals surface area contributed by atoms with Crippen LogP contribution in [0.5, 0.6) is 5.75 Å². The number of hydrogen-bond donors (Lipinski definition) is 1. The second kappa shape index (κ2) is 10.6. The van der Waals surface area contributed by atoms with E-state index in [2.05, 4.69) is 42.3 Å². The van der Waals surface area contributed by atoms with Crippen molar-refractivity contribution in [3.63, 3.8) is 0 Å². The lowest BCUT2D eigenvalue weighted by Gasteiger charge is -2.38. The highest BCUT2D eigenvalue weighted by Crippen LogP contribution is 2.25. The van der Waals surface area contributed by atoms with E-state index in [4.69, 9.17) is 4.74 Å². The number of piperazine rings is 1. The highest BCUT2D eigenvalue weighted by atomic mass is 32.2. The molecule has 31 heavy (non-hydrogen) atoms. The Balaban J connectivity index is 1.60. The van der Waals surface area contributed by atoms with Gasteiger partial charge in [-0.1, -0.05) is 12.1 Å². The molecule has 0 aliphatic carbocycles. The van der Waals surface area contributed by atoms with E-state index in [0.717, 1.165) is 23.7 Å². The number of benzene rings is 2. The Labute approximate surface area is 188 Å². The Bertz CT molecular complexity index is 909. The molecule has 0 radical (unpaired) electrons. The van der Waals surface area contributed by atoms with Crippen LogP contribution in [0.1, 0.15) is 18.1 Å². The third kappa shape index (κ3) is 5.94. The van der Waals surface area contributed by atoms with Crippen molar-refractivity contribution in [2.75, 3.05) is 43.9 Å². The molecule has 7 heteroatoms. The topological polar surface area (TPSA) is 61.9 Å². The zero-order chi connectivity index (χ0) is 22.4. The molecule has 1 saturated heterocycles. The summed E-state index contributed by atoms with van der Waals surface area (Å²) in [4.78, 5) is 30.1. The van der Waals surface area contributed by atoms with Gasteiger partial charge in [0.25, 0.3) is 0 Å². The predicted molar refractivity (Wildman–Crippen MR) is 126 cm³/mol. The summed E-state index contributed by atoms with van der Waals surface area (Å²) in [6.45, 7) is 8.59. The van der Waals surface area contributed by atoms with E-state index >= 15 is 0 Å². The number of nitrogens with one attached hydrogen (secondary N) is 1. The zero-order valence-corrected chi connectivity index (χ0v) is 19.5. The van der Waals surface area contributed by atoms with Gasteiger partial charge in [-0.15, -0.1) is 11.8 Å². The molecule has 2 aromatic carbocycles. The van der Waals surface area contributed by atoms with E-state index < -0.39 is 6.04 Å². The third-order valence-corrected chi connectivity index (χ3v) is 6.77. The molecular weight excluding hydrogens is 410 g/mol. The summed E-state index contributed by atoms with van der Waals surface area (Å²) in [5.41, 5.74) is 3.80. The lowest BCUT2D eigenvalue weighted by molar-refractivity contribution is -0.135. The quantitative estimate of drug-likeness (QED) is 0.669. The summed E-state index contributed by atoms with van der Waals surface area (Å²) in [7, 11) is 1.63. The number of anilines is 1. The first-order chi connectivity index (χ1) is 14.9. The van der Waals surface area contributed by atoms with Crippen molar-refractivity contribution in [2.45, 2.75) is 31.7 Å². The van der Waals surface area contributed by atoms with Gasteiger partial charge < -0.3 is 19.9 Å². The van der Waals surface area contributed by atoms with Crippen LogP contribution in [-0.4, -0.2) is 61.8 Å². The van der Waals surface area contributed by atoms with Gasteiger partial charge >= 0.3 is 0 Å². The van der Waals surface area contributed by atoms with Crippen LogP contribution in [0.15, 0.2) is 47.4 Å². The van der Waals surface area contributed by atoms with Crippen LogP contribution in [0.4, 0.5) is 5.69 Å². The number of aryl methyl sites for hydroxylation is 1. The van der Waals surface area contributed by atoms with Crippen molar-refractivity contribution in [1.29, 1.82) is 0 Å². The standard InChI is InChI=1S/C24H31N3O3S/c1-17-6-5-7-23(18(17)2)26-12-14-27(15-13-26)24(29)22(25-19(3)28)16-31-21-10-8-20(30-4)9-11-21/h5-11,22H,12-16H2,1-4H3,(H,25,28). The number of carbonyl (C=O) groups is 2. The molecule has 1 fully saturated rings. The van der Waals surface area contributed by atoms with E-state index in [-0.39, 0.29) is 11.8 Å². The fourth-order valence-electron chi connectivity index (χ4n) is 3.74. The Hall–Kier alpha value is -2.67. The van der Waals surface area contributed by atoms with Crippen LogP contribution in [0, 0.1) is 13.8 Å². The Kier molecular flexibility index (Phi) is 7.85. The molecule has 166 valence electrons. The fraction of sp³-hybridized carbons (Fsp3) is 0.417. The van der Waals surface area contributed by atoms with Gasteiger partial charge in [0.05, 0.1) is 7.11 Å². The first-order valence-electron chi connectivity index (χ1n) is 10.5. The first-order valence-corrected chi connectivity index (χ1v) is 11.5. The van der Waals surface area contributed by atoms with Crippen molar-refractivity contribution in [3.05, 3.63) is 53.6 Å². The van der Waals surface area contributed by atoms with Crippen molar-refractivity contribution in [1.82, 2.24) is 10.2 Å². The highest BCUT2D eigenvalue weighted by Gasteiger charge is 2.28. The van der Waals surface area contributed by atoms with Gasteiger partial charge in [-0.2, -0.15) is 0 Å². The van der Waals surface area contributed by atoms with Gasteiger partial charge in [0, 0.05) is 49.4 Å². The summed E-state index contributed by atoms with van der Waals surface area (Å²) in [6.07, 6.45) is 0. The number of amides is 2. The number of methoxy groups -OCH3 is 1. The van der Waals surface area contributed by atoms with Crippen LogP contribution >= 0.6 is 11.8 Å². The summed E-state index contributed by atoms with van der Waals surface area (Å²) in [6, 6.07) is 13.5. The molecule has 0 spiro atoms. The summed E-state index contributed by atoms with van der Waals surface area (Å²) in [5, 5.41) is 2.84. The molecule has 1 aliphatic heterocycles. The van der Waals surface area contributed by atoms with E-state index in [1.807, 2.05) is 29.2 Å². The van der Waals surface area contributed by atoms with Crippen molar-refractivity contribution in [3.8, 4) is 5.75 Å². The Morgan fingerprint density at radius 3 is 2.35 bits per heavy atom. The second-order valence-corrected chi connectivity index (χ2v) is 8.86. The van der Waals surface area contributed by atoms with E-state index in [1.165, 1.54) is 23.7 Å². The number of nitrogens with zero attached hydrogens (tertiary/aromatic N) is 2. The smallest absolute Gasteiger partial charge is 0.246 e. The van der Waals surface area contributed by atoms with Gasteiger partial charge in [0.2, 0.25) is 11.8 Å². The lowest BCUT2D eigenvalue weighted by Crippen LogP contribution is -2.55. The normalized spacial score (nSPS) is 14.8. The summed E-state index contributed by atoms with van der Waals surface area (Å²) >= 11 is 1.55. The van der Waals surface area contributed by atoms with Crippen LogP contribution < -0.4 is 15.0 Å². The predicted octanol–water partition coefficient (Wildman–Crippen LogP) is 3.26. The number of rotatable bonds is 7. The minimum absolute atomic E-state index is 0.0168. The average molecular weight is 442 g/mol. The number of ether oxygens (including phenoxy) is 1. The Morgan fingerprint density at radius 2 is 1.74 bits per heavy atom. The summed E-state index contributed by atoms with van der Waals surface area (Å²) < 4.78 is 5.19. The monoisotopic (exact) mass is 441 g/mol. The lowest BCUT2D eigenvalue weighted by atomic mass is 10.1. The van der Waals surface area contributed by atoms with Gasteiger partial charge in [-0.25, -0.2) is 0 Å². The summed E-state index contributed by atoms with van der Waals surface area (Å²) in [5.74, 6) is 1.07. The first kappa shape index (κ1) is 23.0. The largest absolute Gasteiger partial charge is 0.497 e. The number of carbonyl (C=O) groups excluding carboxylic acids is 2. The molecule has 1 aliphatic rings. The molecule has 0 aromatic heterocycles. The fourth-order valence-corrected chi connectivity index (χ4v) is 4.65.